The topological polar surface area (TPSA) is 71.3 Å². The summed E-state index contributed by atoms with van der Waals surface area (Å²) in [6.45, 7) is 0.781. The molecular formula is C24H21F4N5O2. The molecule has 0 radical (unpaired) electrons. The number of hydrogen-bond donors (Lipinski definition) is 0. The molecule has 11 heteroatoms. The Morgan fingerprint density at radius 3 is 2.51 bits per heavy atom. The number of aromatic nitrogens is 3. The van der Waals surface area contributed by atoms with Gasteiger partial charge < -0.3 is 9.80 Å². The van der Waals surface area contributed by atoms with Gasteiger partial charge in [0.1, 0.15) is 0 Å². The fraction of sp³-hybridized carbons (Fsp3) is 0.333. The number of rotatable bonds is 4. The molecule has 1 saturated carbocycles. The van der Waals surface area contributed by atoms with Gasteiger partial charge in [-0.25, -0.2) is 9.37 Å². The van der Waals surface area contributed by atoms with Gasteiger partial charge in [0, 0.05) is 68.5 Å². The predicted octanol–water partition coefficient (Wildman–Crippen LogP) is 3.21. The van der Waals surface area contributed by atoms with E-state index >= 15 is 0 Å². The molecule has 2 fully saturated rings. The second-order valence-corrected chi connectivity index (χ2v) is 8.91. The lowest BCUT2D eigenvalue weighted by molar-refractivity contribution is -0.137. The van der Waals surface area contributed by atoms with Crippen LogP contribution in [-0.4, -0.2) is 51.5 Å². The average Bonchev–Trinajstić information content (AvgIpc) is 3.32. The smallest absolute Gasteiger partial charge is 0.342 e. The molecule has 0 bridgehead atoms. The van der Waals surface area contributed by atoms with Crippen LogP contribution >= 0.6 is 0 Å². The number of alkyl halides is 3. The molecule has 5 rings (SSSR count). The molecule has 2 unspecified atom stereocenters. The van der Waals surface area contributed by atoms with Gasteiger partial charge in [-0.05, 0) is 24.3 Å². The van der Waals surface area contributed by atoms with E-state index < -0.39 is 23.5 Å². The Kier molecular flexibility index (Phi) is 5.37. The number of amides is 1. The molecule has 1 aromatic carbocycles. The third-order valence-corrected chi connectivity index (χ3v) is 6.80. The lowest BCUT2D eigenvalue weighted by Gasteiger charge is -2.26. The lowest BCUT2D eigenvalue weighted by Crippen LogP contribution is -2.38. The van der Waals surface area contributed by atoms with Crippen LogP contribution in [0.3, 0.4) is 0 Å². The first-order chi connectivity index (χ1) is 16.6. The highest BCUT2D eigenvalue weighted by molar-refractivity contribution is 5.94. The maximum absolute atomic E-state index is 14.2. The minimum Gasteiger partial charge on any atom is -0.342 e. The maximum atomic E-state index is 14.2. The van der Waals surface area contributed by atoms with Crippen LogP contribution < -0.4 is 10.5 Å². The van der Waals surface area contributed by atoms with E-state index in [1.165, 1.54) is 35.0 Å². The summed E-state index contributed by atoms with van der Waals surface area (Å²) < 4.78 is 54.6. The molecule has 0 N–H and O–H groups in total. The summed E-state index contributed by atoms with van der Waals surface area (Å²) in [6.07, 6.45) is -2.05. The normalized spacial score (nSPS) is 21.1. The Morgan fingerprint density at radius 1 is 1.14 bits per heavy atom. The molecule has 1 saturated heterocycles. The molecule has 2 aromatic heterocycles. The van der Waals surface area contributed by atoms with Gasteiger partial charge in [0.15, 0.2) is 5.82 Å². The third-order valence-electron chi connectivity index (χ3n) is 6.80. The zero-order valence-corrected chi connectivity index (χ0v) is 18.8. The van der Waals surface area contributed by atoms with Crippen LogP contribution in [-0.2, 0) is 13.2 Å². The number of fused-ring (bicyclic) bond motifs is 1. The van der Waals surface area contributed by atoms with Gasteiger partial charge >= 0.3 is 6.18 Å². The van der Waals surface area contributed by atoms with E-state index in [1.807, 2.05) is 4.90 Å². The number of anilines is 1. The van der Waals surface area contributed by atoms with Crippen molar-refractivity contribution in [2.75, 3.05) is 25.0 Å². The summed E-state index contributed by atoms with van der Waals surface area (Å²) in [4.78, 5) is 37.0. The van der Waals surface area contributed by atoms with Crippen LogP contribution in [0.5, 0.6) is 0 Å². The third kappa shape index (κ3) is 4.04. The largest absolute Gasteiger partial charge is 0.416 e. The maximum Gasteiger partial charge on any atom is 0.416 e. The Morgan fingerprint density at radius 2 is 1.86 bits per heavy atom. The number of carbonyl (C=O) groups is 1. The Balaban J connectivity index is 1.33. The number of benzene rings is 1. The van der Waals surface area contributed by atoms with Crippen molar-refractivity contribution in [3.8, 4) is 11.3 Å². The van der Waals surface area contributed by atoms with Crippen LogP contribution in [0.25, 0.3) is 11.3 Å². The van der Waals surface area contributed by atoms with Gasteiger partial charge in [-0.15, -0.1) is 0 Å². The van der Waals surface area contributed by atoms with Crippen molar-refractivity contribution in [1.29, 1.82) is 0 Å². The fourth-order valence-corrected chi connectivity index (χ4v) is 4.94. The first-order valence-electron chi connectivity index (χ1n) is 10.9. The van der Waals surface area contributed by atoms with Crippen LogP contribution in [0.15, 0.2) is 53.6 Å². The van der Waals surface area contributed by atoms with Gasteiger partial charge in [0.25, 0.3) is 11.5 Å². The van der Waals surface area contributed by atoms with Crippen molar-refractivity contribution < 1.29 is 22.4 Å². The second kappa shape index (κ2) is 8.17. The second-order valence-electron chi connectivity index (χ2n) is 8.91. The first-order valence-corrected chi connectivity index (χ1v) is 10.9. The zero-order chi connectivity index (χ0) is 25.1. The van der Waals surface area contributed by atoms with Gasteiger partial charge in [-0.3, -0.25) is 19.1 Å². The molecule has 35 heavy (non-hydrogen) atoms. The van der Waals surface area contributed by atoms with Crippen LogP contribution in [0.2, 0.25) is 0 Å². The first kappa shape index (κ1) is 23.0. The molecule has 3 aromatic rings. The number of nitrogens with zero attached hydrogens (tertiary/aromatic N) is 5. The zero-order valence-electron chi connectivity index (χ0n) is 18.8. The number of halogens is 4. The highest BCUT2D eigenvalue weighted by Gasteiger charge is 2.59. The Labute approximate surface area is 197 Å². The van der Waals surface area contributed by atoms with E-state index in [1.54, 1.807) is 19.0 Å². The number of hydrogen-bond acceptors (Lipinski definition) is 5. The van der Waals surface area contributed by atoms with Crippen molar-refractivity contribution in [2.45, 2.75) is 12.2 Å². The van der Waals surface area contributed by atoms with Gasteiger partial charge in [0.2, 0.25) is 5.95 Å². The van der Waals surface area contributed by atoms with Crippen LogP contribution in [0.4, 0.5) is 23.5 Å². The molecule has 2 aliphatic rings. The van der Waals surface area contributed by atoms with Gasteiger partial charge in [-0.2, -0.15) is 13.2 Å². The summed E-state index contributed by atoms with van der Waals surface area (Å²) in [7, 11) is 3.37. The minimum atomic E-state index is -4.52. The van der Waals surface area contributed by atoms with Gasteiger partial charge in [-0.1, -0.05) is 6.07 Å². The van der Waals surface area contributed by atoms with Crippen molar-refractivity contribution in [3.63, 3.8) is 0 Å². The van der Waals surface area contributed by atoms with Crippen molar-refractivity contribution in [2.24, 2.45) is 18.9 Å². The summed E-state index contributed by atoms with van der Waals surface area (Å²) >= 11 is 0. The molecule has 3 heterocycles. The summed E-state index contributed by atoms with van der Waals surface area (Å²) in [5.41, 5.74) is -0.839. The van der Waals surface area contributed by atoms with E-state index in [9.17, 15) is 27.2 Å². The predicted molar refractivity (Wildman–Crippen MR) is 119 cm³/mol. The SMILES string of the molecule is CN(c1nc(-c2ccncc2F)cc(=O)n1C)C1C2CN(C(=O)c3cccc(C(F)(F)F)c3)CC21. The number of pyridine rings is 1. The van der Waals surface area contributed by atoms with Gasteiger partial charge in [0.05, 0.1) is 17.5 Å². The van der Waals surface area contributed by atoms with Crippen molar-refractivity contribution in [3.05, 3.63) is 76.1 Å². The number of likely N-dealkylation sites (tertiary alicyclic amines) is 1. The monoisotopic (exact) mass is 487 g/mol. The van der Waals surface area contributed by atoms with Crippen LogP contribution in [0.1, 0.15) is 15.9 Å². The molecule has 1 amide bonds. The summed E-state index contributed by atoms with van der Waals surface area (Å²) in [5, 5.41) is 0. The molecule has 1 aliphatic heterocycles. The lowest BCUT2D eigenvalue weighted by atomic mass is 10.1. The van der Waals surface area contributed by atoms with E-state index in [0.29, 0.717) is 19.0 Å². The molecule has 2 atom stereocenters. The molecule has 1 aliphatic carbocycles. The van der Waals surface area contributed by atoms with E-state index in [2.05, 4.69) is 9.97 Å². The highest BCUT2D eigenvalue weighted by Crippen LogP contribution is 2.49. The average molecular weight is 487 g/mol. The Hall–Kier alpha value is -3.76. The van der Waals surface area contributed by atoms with E-state index in [0.717, 1.165) is 18.3 Å². The molecule has 0 spiro atoms. The highest BCUT2D eigenvalue weighted by atomic mass is 19.4. The molecule has 7 nitrogen and oxygen atoms in total. The minimum absolute atomic E-state index is 0.00201. The summed E-state index contributed by atoms with van der Waals surface area (Å²) in [6, 6.07) is 7.13. The van der Waals surface area contributed by atoms with Crippen molar-refractivity contribution >= 4 is 11.9 Å². The van der Waals surface area contributed by atoms with E-state index in [4.69, 9.17) is 0 Å². The number of piperidine rings is 1. The Bertz CT molecular complexity index is 1360. The van der Waals surface area contributed by atoms with Crippen LogP contribution in [0, 0.1) is 17.7 Å². The van der Waals surface area contributed by atoms with E-state index in [-0.39, 0.29) is 40.3 Å². The van der Waals surface area contributed by atoms with Crippen molar-refractivity contribution in [1.82, 2.24) is 19.4 Å². The molecule has 182 valence electrons. The standard InChI is InChI=1S/C24H21F4N5O2/c1-31-20(34)9-19(15-6-7-29-10-18(15)25)30-23(31)32(2)21-16-11-33(12-17(16)21)22(35)13-4-3-5-14(8-13)24(26,27)28/h3-10,16-17,21H,11-12H2,1-2H3. The summed E-state index contributed by atoms with van der Waals surface area (Å²) in [5.74, 6) is -0.487. The fourth-order valence-electron chi connectivity index (χ4n) is 4.94. The molecular weight excluding hydrogens is 466 g/mol. The number of carbonyl (C=O) groups excluding carboxylic acids is 1. The quantitative estimate of drug-likeness (QED) is 0.529.